The maximum atomic E-state index is 14.3. The fourth-order valence-corrected chi connectivity index (χ4v) is 3.66. The molecule has 0 unspecified atom stereocenters. The van der Waals surface area contributed by atoms with Gasteiger partial charge in [0.15, 0.2) is 5.69 Å². The molecule has 8 heteroatoms. The predicted molar refractivity (Wildman–Crippen MR) is 90.4 cm³/mol. The van der Waals surface area contributed by atoms with Gasteiger partial charge >= 0.3 is 0 Å². The third-order valence-corrected chi connectivity index (χ3v) is 4.86. The second-order valence-electron chi connectivity index (χ2n) is 5.03. The van der Waals surface area contributed by atoms with E-state index in [9.17, 15) is 9.18 Å². The lowest BCUT2D eigenvalue weighted by atomic mass is 10.3. The van der Waals surface area contributed by atoms with Crippen molar-refractivity contribution in [3.8, 4) is 0 Å². The van der Waals surface area contributed by atoms with Crippen LogP contribution in [0.1, 0.15) is 26.8 Å². The largest absolute Gasteiger partial charge is 0.345 e. The second kappa shape index (κ2) is 6.67. The number of halogens is 1. The summed E-state index contributed by atoms with van der Waals surface area (Å²) in [4.78, 5) is 20.6. The molecule has 0 fully saturated rings. The number of aromatic nitrogens is 3. The first-order valence-electron chi connectivity index (χ1n) is 6.93. The Morgan fingerprint density at radius 1 is 1.43 bits per heavy atom. The summed E-state index contributed by atoms with van der Waals surface area (Å²) >= 11 is 3.25. The molecule has 0 spiro atoms. The molecule has 0 aliphatic carbocycles. The number of hydrogen-bond acceptors (Lipinski definition) is 5. The van der Waals surface area contributed by atoms with E-state index >= 15 is 0 Å². The van der Waals surface area contributed by atoms with Crippen molar-refractivity contribution in [1.29, 1.82) is 0 Å². The molecule has 0 saturated heterocycles. The molecule has 3 rings (SSSR count). The minimum absolute atomic E-state index is 0.199. The number of carbonyl (C=O) groups is 1. The summed E-state index contributed by atoms with van der Waals surface area (Å²) < 4.78 is 15.6. The van der Waals surface area contributed by atoms with Gasteiger partial charge in [0, 0.05) is 17.3 Å². The van der Waals surface area contributed by atoms with Gasteiger partial charge in [-0.05, 0) is 24.8 Å². The van der Waals surface area contributed by atoms with Crippen molar-refractivity contribution < 1.29 is 9.18 Å². The predicted octanol–water partition coefficient (Wildman–Crippen LogP) is 3.03. The summed E-state index contributed by atoms with van der Waals surface area (Å²) in [6.45, 7) is 2.11. The third-order valence-electron chi connectivity index (χ3n) is 3.22. The summed E-state index contributed by atoms with van der Waals surface area (Å²) in [6, 6.07) is 3.51. The molecule has 1 amide bonds. The number of aryl methyl sites for hydroxylation is 1. The first-order chi connectivity index (χ1) is 11.1. The highest BCUT2D eigenvalue weighted by Crippen LogP contribution is 2.16. The highest BCUT2D eigenvalue weighted by molar-refractivity contribution is 7.97. The standard InChI is InChI=1S/C15H15FN4OS2/c1-9-3-4-11-19-13(14(16)20(11)6-9)15(21)17-5-10-7-23-12(18-10)8-22-2/h3-4,6-7H,5,8H2,1-2H3,(H,17,21). The molecule has 1 N–H and O–H groups in total. The van der Waals surface area contributed by atoms with Gasteiger partial charge in [0.05, 0.1) is 12.2 Å². The van der Waals surface area contributed by atoms with Crippen molar-refractivity contribution in [3.05, 3.63) is 51.6 Å². The molecule has 0 aliphatic rings. The van der Waals surface area contributed by atoms with Gasteiger partial charge in [-0.3, -0.25) is 9.20 Å². The summed E-state index contributed by atoms with van der Waals surface area (Å²) in [5, 5.41) is 5.58. The average Bonchev–Trinajstić information content (AvgIpc) is 3.11. The van der Waals surface area contributed by atoms with Crippen LogP contribution >= 0.6 is 23.1 Å². The van der Waals surface area contributed by atoms with E-state index in [1.54, 1.807) is 35.4 Å². The number of amides is 1. The zero-order valence-corrected chi connectivity index (χ0v) is 14.3. The van der Waals surface area contributed by atoms with Gasteiger partial charge in [0.1, 0.15) is 10.7 Å². The fourth-order valence-electron chi connectivity index (χ4n) is 2.14. The number of carbonyl (C=O) groups excluding carboxylic acids is 1. The van der Waals surface area contributed by atoms with Crippen LogP contribution in [0.25, 0.3) is 5.65 Å². The van der Waals surface area contributed by atoms with Crippen LogP contribution in [0, 0.1) is 12.9 Å². The molecule has 0 aromatic carbocycles. The number of fused-ring (bicyclic) bond motifs is 1. The number of nitrogens with one attached hydrogen (secondary N) is 1. The molecule has 3 aromatic rings. The molecule has 0 radical (unpaired) electrons. The Labute approximate surface area is 141 Å². The number of thiazole rings is 1. The van der Waals surface area contributed by atoms with Gasteiger partial charge in [-0.1, -0.05) is 6.07 Å². The van der Waals surface area contributed by atoms with Crippen molar-refractivity contribution >= 4 is 34.7 Å². The van der Waals surface area contributed by atoms with E-state index in [1.807, 2.05) is 24.6 Å². The third kappa shape index (κ3) is 3.37. The first kappa shape index (κ1) is 15.9. The molecule has 0 atom stereocenters. The lowest BCUT2D eigenvalue weighted by molar-refractivity contribution is 0.0941. The highest BCUT2D eigenvalue weighted by atomic mass is 32.2. The fraction of sp³-hybridized carbons (Fsp3) is 0.267. The normalized spacial score (nSPS) is 11.1. The van der Waals surface area contributed by atoms with Crippen LogP contribution in [0.15, 0.2) is 23.7 Å². The summed E-state index contributed by atoms with van der Waals surface area (Å²) in [5.41, 5.74) is 1.88. The van der Waals surface area contributed by atoms with Crippen LogP contribution in [-0.4, -0.2) is 26.5 Å². The van der Waals surface area contributed by atoms with Crippen LogP contribution in [0.5, 0.6) is 0 Å². The molecule has 3 aromatic heterocycles. The molecule has 0 bridgehead atoms. The lowest BCUT2D eigenvalue weighted by Crippen LogP contribution is -2.24. The first-order valence-corrected chi connectivity index (χ1v) is 9.20. The Hall–Kier alpha value is -1.93. The van der Waals surface area contributed by atoms with E-state index in [1.165, 1.54) is 4.40 Å². The maximum absolute atomic E-state index is 14.3. The van der Waals surface area contributed by atoms with Gasteiger partial charge in [0.2, 0.25) is 5.95 Å². The van der Waals surface area contributed by atoms with Crippen LogP contribution in [-0.2, 0) is 12.3 Å². The molecule has 23 heavy (non-hydrogen) atoms. The van der Waals surface area contributed by atoms with Crippen molar-refractivity contribution in [2.24, 2.45) is 0 Å². The number of rotatable bonds is 5. The quantitative estimate of drug-likeness (QED) is 0.768. The lowest BCUT2D eigenvalue weighted by Gasteiger charge is -2.00. The number of nitrogens with zero attached hydrogens (tertiary/aromatic N) is 3. The average molecular weight is 350 g/mol. The van der Waals surface area contributed by atoms with Crippen molar-refractivity contribution in [2.75, 3.05) is 6.26 Å². The molecule has 3 heterocycles. The van der Waals surface area contributed by atoms with Crippen molar-refractivity contribution in [3.63, 3.8) is 0 Å². The van der Waals surface area contributed by atoms with Gasteiger partial charge < -0.3 is 5.32 Å². The number of hydrogen-bond donors (Lipinski definition) is 1. The summed E-state index contributed by atoms with van der Waals surface area (Å²) in [6.07, 6.45) is 3.63. The molecular formula is C15H15FN4OS2. The maximum Gasteiger partial charge on any atom is 0.275 e. The van der Waals surface area contributed by atoms with E-state index in [-0.39, 0.29) is 12.2 Å². The van der Waals surface area contributed by atoms with Crippen LogP contribution < -0.4 is 5.32 Å². The van der Waals surface area contributed by atoms with Crippen LogP contribution in [0.4, 0.5) is 4.39 Å². The van der Waals surface area contributed by atoms with Crippen LogP contribution in [0.2, 0.25) is 0 Å². The Kier molecular flexibility index (Phi) is 4.63. The number of imidazole rings is 1. The minimum Gasteiger partial charge on any atom is -0.345 e. The Balaban J connectivity index is 1.74. The molecule has 120 valence electrons. The van der Waals surface area contributed by atoms with Gasteiger partial charge in [0.25, 0.3) is 5.91 Å². The minimum atomic E-state index is -0.650. The molecule has 0 aliphatic heterocycles. The molecular weight excluding hydrogens is 335 g/mol. The molecule has 5 nitrogen and oxygen atoms in total. The van der Waals surface area contributed by atoms with E-state index in [0.29, 0.717) is 5.65 Å². The monoisotopic (exact) mass is 350 g/mol. The number of pyridine rings is 1. The number of thioether (sulfide) groups is 1. The summed E-state index contributed by atoms with van der Waals surface area (Å²) in [7, 11) is 0. The van der Waals surface area contributed by atoms with E-state index in [0.717, 1.165) is 22.0 Å². The Morgan fingerprint density at radius 2 is 2.26 bits per heavy atom. The topological polar surface area (TPSA) is 59.3 Å². The van der Waals surface area contributed by atoms with Crippen LogP contribution in [0.3, 0.4) is 0 Å². The van der Waals surface area contributed by atoms with E-state index in [4.69, 9.17) is 0 Å². The van der Waals surface area contributed by atoms with Gasteiger partial charge in [-0.25, -0.2) is 9.97 Å². The molecule has 0 saturated carbocycles. The zero-order valence-electron chi connectivity index (χ0n) is 12.7. The Morgan fingerprint density at radius 3 is 3.04 bits per heavy atom. The zero-order chi connectivity index (χ0) is 16.4. The van der Waals surface area contributed by atoms with Crippen molar-refractivity contribution in [1.82, 2.24) is 19.7 Å². The smallest absolute Gasteiger partial charge is 0.275 e. The Bertz CT molecular complexity index is 858. The SMILES string of the molecule is CSCc1nc(CNC(=O)c2nc3ccc(C)cn3c2F)cs1. The highest BCUT2D eigenvalue weighted by Gasteiger charge is 2.19. The van der Waals surface area contributed by atoms with Gasteiger partial charge in [-0.15, -0.1) is 11.3 Å². The van der Waals surface area contributed by atoms with Crippen molar-refractivity contribution in [2.45, 2.75) is 19.2 Å². The van der Waals surface area contributed by atoms with E-state index < -0.39 is 11.9 Å². The van der Waals surface area contributed by atoms with Gasteiger partial charge in [-0.2, -0.15) is 16.2 Å². The second-order valence-corrected chi connectivity index (χ2v) is 6.84. The van der Waals surface area contributed by atoms with E-state index in [2.05, 4.69) is 15.3 Å². The summed E-state index contributed by atoms with van der Waals surface area (Å²) in [5.74, 6) is -0.343.